The molecule has 0 N–H and O–H groups in total. The van der Waals surface area contributed by atoms with Gasteiger partial charge < -0.3 is 4.42 Å². The van der Waals surface area contributed by atoms with Gasteiger partial charge in [-0.3, -0.25) is 0 Å². The summed E-state index contributed by atoms with van der Waals surface area (Å²) in [7, 11) is 0. The van der Waals surface area contributed by atoms with E-state index in [-0.39, 0.29) is 0 Å². The Morgan fingerprint density at radius 1 is 1.37 bits per heavy atom. The van der Waals surface area contributed by atoms with Crippen LogP contribution in [0.4, 0.5) is 0 Å². The molecule has 0 spiro atoms. The molecule has 3 nitrogen and oxygen atoms in total. The van der Waals surface area contributed by atoms with E-state index in [4.69, 9.17) is 9.40 Å². The summed E-state index contributed by atoms with van der Waals surface area (Å²) in [6.45, 7) is 1.92. The minimum atomic E-state index is 0.672. The molecule has 96 valence electrons. The predicted molar refractivity (Wildman–Crippen MR) is 73.2 cm³/mol. The zero-order valence-corrected chi connectivity index (χ0v) is 11.6. The molecule has 0 atom stereocenters. The van der Waals surface area contributed by atoms with E-state index < -0.39 is 0 Å². The first kappa shape index (κ1) is 12.3. The molecule has 4 heteroatoms. The van der Waals surface area contributed by atoms with Crippen molar-refractivity contribution < 1.29 is 4.42 Å². The SMILES string of the molecule is Cc1occc1Sc1nc2c(cc1C#N)CCCC2. The minimum absolute atomic E-state index is 0.672. The first-order chi connectivity index (χ1) is 9.28. The summed E-state index contributed by atoms with van der Waals surface area (Å²) in [6, 6.07) is 6.20. The highest BCUT2D eigenvalue weighted by molar-refractivity contribution is 7.99. The van der Waals surface area contributed by atoms with Crippen LogP contribution in [-0.4, -0.2) is 4.98 Å². The molecule has 0 bridgehead atoms. The smallest absolute Gasteiger partial charge is 0.119 e. The topological polar surface area (TPSA) is 49.8 Å². The number of rotatable bonds is 2. The molecule has 0 fully saturated rings. The largest absolute Gasteiger partial charge is 0.468 e. The van der Waals surface area contributed by atoms with Gasteiger partial charge in [-0.1, -0.05) is 11.8 Å². The van der Waals surface area contributed by atoms with Gasteiger partial charge in [0.25, 0.3) is 0 Å². The van der Waals surface area contributed by atoms with Gasteiger partial charge in [-0.15, -0.1) is 0 Å². The Kier molecular flexibility index (Phi) is 3.31. The molecular weight excluding hydrogens is 256 g/mol. The molecule has 0 radical (unpaired) electrons. The van der Waals surface area contributed by atoms with E-state index >= 15 is 0 Å². The van der Waals surface area contributed by atoms with Crippen LogP contribution in [0.15, 0.2) is 32.7 Å². The second-order valence-corrected chi connectivity index (χ2v) is 5.74. The molecule has 19 heavy (non-hydrogen) atoms. The number of hydrogen-bond donors (Lipinski definition) is 0. The van der Waals surface area contributed by atoms with Gasteiger partial charge in [0, 0.05) is 5.69 Å². The fourth-order valence-electron chi connectivity index (χ4n) is 2.36. The average Bonchev–Trinajstić information content (AvgIpc) is 2.83. The van der Waals surface area contributed by atoms with Crippen molar-refractivity contribution >= 4 is 11.8 Å². The Hall–Kier alpha value is -1.73. The van der Waals surface area contributed by atoms with Crippen LogP contribution < -0.4 is 0 Å². The molecule has 2 aromatic rings. The van der Waals surface area contributed by atoms with Gasteiger partial charge in [0.1, 0.15) is 16.9 Å². The summed E-state index contributed by atoms with van der Waals surface area (Å²) >= 11 is 1.52. The quantitative estimate of drug-likeness (QED) is 0.830. The minimum Gasteiger partial charge on any atom is -0.468 e. The van der Waals surface area contributed by atoms with Crippen molar-refractivity contribution in [3.8, 4) is 6.07 Å². The van der Waals surface area contributed by atoms with E-state index in [1.54, 1.807) is 6.26 Å². The number of aromatic nitrogens is 1. The third-order valence-corrected chi connectivity index (χ3v) is 4.55. The van der Waals surface area contributed by atoms with E-state index in [1.807, 2.05) is 19.1 Å². The maximum absolute atomic E-state index is 9.29. The summed E-state index contributed by atoms with van der Waals surface area (Å²) in [5.74, 6) is 0.869. The van der Waals surface area contributed by atoms with Gasteiger partial charge in [0.2, 0.25) is 0 Å². The van der Waals surface area contributed by atoms with Crippen molar-refractivity contribution in [2.24, 2.45) is 0 Å². The van der Waals surface area contributed by atoms with E-state index in [0.29, 0.717) is 5.56 Å². The van der Waals surface area contributed by atoms with Crippen molar-refractivity contribution in [2.75, 3.05) is 0 Å². The molecule has 0 saturated carbocycles. The summed E-state index contributed by atoms with van der Waals surface area (Å²) < 4.78 is 5.29. The fourth-order valence-corrected chi connectivity index (χ4v) is 3.25. The first-order valence-corrected chi connectivity index (χ1v) is 7.24. The van der Waals surface area contributed by atoms with E-state index in [1.165, 1.54) is 30.2 Å². The second kappa shape index (κ2) is 5.10. The molecular formula is C15H14N2OS. The maximum atomic E-state index is 9.29. The molecule has 1 aliphatic carbocycles. The number of furan rings is 1. The van der Waals surface area contributed by atoms with Gasteiger partial charge in [-0.05, 0) is 50.3 Å². The lowest BCUT2D eigenvalue weighted by atomic mass is 9.95. The molecule has 3 rings (SSSR count). The molecule has 0 aromatic carbocycles. The van der Waals surface area contributed by atoms with Crippen LogP contribution in [0.1, 0.15) is 35.4 Å². The van der Waals surface area contributed by atoms with E-state index in [2.05, 4.69) is 6.07 Å². The normalized spacial score (nSPS) is 13.9. The monoisotopic (exact) mass is 270 g/mol. The van der Waals surface area contributed by atoms with Crippen LogP contribution in [0.2, 0.25) is 0 Å². The highest BCUT2D eigenvalue weighted by Gasteiger charge is 2.16. The summed E-state index contributed by atoms with van der Waals surface area (Å²) in [5, 5.41) is 10.1. The van der Waals surface area contributed by atoms with E-state index in [9.17, 15) is 5.26 Å². The van der Waals surface area contributed by atoms with Gasteiger partial charge in [0.05, 0.1) is 16.7 Å². The lowest BCUT2D eigenvalue weighted by Gasteiger charge is -2.16. The third-order valence-electron chi connectivity index (χ3n) is 3.40. The van der Waals surface area contributed by atoms with Crippen molar-refractivity contribution in [2.45, 2.75) is 42.5 Å². The Labute approximate surface area is 116 Å². The molecule has 1 aliphatic rings. The molecule has 2 aromatic heterocycles. The van der Waals surface area contributed by atoms with Gasteiger partial charge >= 0.3 is 0 Å². The van der Waals surface area contributed by atoms with Crippen molar-refractivity contribution in [1.29, 1.82) is 5.26 Å². The zero-order valence-electron chi connectivity index (χ0n) is 10.8. The van der Waals surface area contributed by atoms with Crippen LogP contribution >= 0.6 is 11.8 Å². The Morgan fingerprint density at radius 3 is 2.95 bits per heavy atom. The predicted octanol–water partition coefficient (Wildman–Crippen LogP) is 3.88. The Morgan fingerprint density at radius 2 is 2.21 bits per heavy atom. The van der Waals surface area contributed by atoms with Crippen molar-refractivity contribution in [1.82, 2.24) is 4.98 Å². The van der Waals surface area contributed by atoms with Crippen LogP contribution in [0.3, 0.4) is 0 Å². The highest BCUT2D eigenvalue weighted by Crippen LogP contribution is 2.33. The van der Waals surface area contributed by atoms with Crippen LogP contribution in [0.25, 0.3) is 0 Å². The van der Waals surface area contributed by atoms with Gasteiger partial charge in [0.15, 0.2) is 0 Å². The van der Waals surface area contributed by atoms with Crippen LogP contribution in [-0.2, 0) is 12.8 Å². The summed E-state index contributed by atoms with van der Waals surface area (Å²) in [6.07, 6.45) is 6.14. The third kappa shape index (κ3) is 2.39. The Bertz CT molecular complexity index is 655. The van der Waals surface area contributed by atoms with Crippen molar-refractivity contribution in [3.63, 3.8) is 0 Å². The number of nitriles is 1. The molecule has 0 unspecified atom stereocenters. The van der Waals surface area contributed by atoms with E-state index in [0.717, 1.165) is 34.2 Å². The average molecular weight is 270 g/mol. The van der Waals surface area contributed by atoms with Gasteiger partial charge in [-0.25, -0.2) is 4.98 Å². The number of hydrogen-bond acceptors (Lipinski definition) is 4. The number of pyridine rings is 1. The number of fused-ring (bicyclic) bond motifs is 1. The lowest BCUT2D eigenvalue weighted by Crippen LogP contribution is -2.07. The zero-order chi connectivity index (χ0) is 13.2. The second-order valence-electron chi connectivity index (χ2n) is 4.71. The molecule has 0 aliphatic heterocycles. The number of aryl methyl sites for hydroxylation is 3. The fraction of sp³-hybridized carbons (Fsp3) is 0.333. The standard InChI is InChI=1S/C15H14N2OS/c1-10-14(6-7-18-10)19-15-12(9-16)8-11-4-2-3-5-13(11)17-15/h6-8H,2-5H2,1H3. The Balaban J connectivity index is 2.01. The molecule has 2 heterocycles. The van der Waals surface area contributed by atoms with Crippen LogP contribution in [0, 0.1) is 18.3 Å². The molecule has 0 amide bonds. The molecule has 0 saturated heterocycles. The number of nitrogens with zero attached hydrogens (tertiary/aromatic N) is 2. The van der Waals surface area contributed by atoms with Gasteiger partial charge in [-0.2, -0.15) is 5.26 Å². The lowest BCUT2D eigenvalue weighted by molar-refractivity contribution is 0.527. The first-order valence-electron chi connectivity index (χ1n) is 6.43. The summed E-state index contributed by atoms with van der Waals surface area (Å²) in [4.78, 5) is 5.73. The van der Waals surface area contributed by atoms with Crippen LogP contribution in [0.5, 0.6) is 0 Å². The summed E-state index contributed by atoms with van der Waals surface area (Å²) in [5.41, 5.74) is 3.08. The van der Waals surface area contributed by atoms with Crippen molar-refractivity contribution in [3.05, 3.63) is 41.0 Å². The highest BCUT2D eigenvalue weighted by atomic mass is 32.2. The maximum Gasteiger partial charge on any atom is 0.119 e.